The fraction of sp³-hybridized carbons (Fsp3) is 1.00. The summed E-state index contributed by atoms with van der Waals surface area (Å²) in [7, 11) is 3.16. The van der Waals surface area contributed by atoms with Gasteiger partial charge in [-0.15, -0.1) is 0 Å². The maximum absolute atomic E-state index is 9.36. The maximum Gasteiger partial charge on any atom is 0.183 e. The van der Waals surface area contributed by atoms with Crippen molar-refractivity contribution in [2.24, 2.45) is 5.92 Å². The van der Waals surface area contributed by atoms with Crippen LogP contribution in [-0.4, -0.2) is 44.4 Å². The lowest BCUT2D eigenvalue weighted by Gasteiger charge is -2.37. The third-order valence-electron chi connectivity index (χ3n) is 2.24. The molecule has 72 valence electrons. The first kappa shape index (κ1) is 9.92. The summed E-state index contributed by atoms with van der Waals surface area (Å²) >= 11 is 0. The number of hydrogen-bond acceptors (Lipinski definition) is 4. The lowest BCUT2D eigenvalue weighted by Crippen LogP contribution is -2.50. The predicted octanol–water partition coefficient (Wildman–Crippen LogP) is 0.00110. The Morgan fingerprint density at radius 2 is 1.83 bits per heavy atom. The van der Waals surface area contributed by atoms with Crippen molar-refractivity contribution < 1.29 is 19.3 Å². The topological polar surface area (TPSA) is 47.9 Å². The molecule has 0 saturated carbocycles. The Morgan fingerprint density at radius 1 is 1.25 bits per heavy atom. The molecule has 12 heavy (non-hydrogen) atoms. The molecule has 0 aliphatic carbocycles. The standard InChI is InChI=1S/C8H16O4/c1-5-4-12-8(9)7(11-3)6(5)10-2/h5-9H,4H2,1-3H3/t5-,6+,7-,8-/m1/s1. The van der Waals surface area contributed by atoms with Gasteiger partial charge >= 0.3 is 0 Å². The van der Waals surface area contributed by atoms with Gasteiger partial charge in [-0.25, -0.2) is 0 Å². The van der Waals surface area contributed by atoms with Crippen molar-refractivity contribution >= 4 is 0 Å². The summed E-state index contributed by atoms with van der Waals surface area (Å²) < 4.78 is 15.4. The molecule has 1 heterocycles. The fourth-order valence-corrected chi connectivity index (χ4v) is 1.54. The van der Waals surface area contributed by atoms with E-state index in [4.69, 9.17) is 14.2 Å². The number of hydrogen-bond donors (Lipinski definition) is 1. The van der Waals surface area contributed by atoms with Crippen LogP contribution >= 0.6 is 0 Å². The van der Waals surface area contributed by atoms with Gasteiger partial charge in [0.05, 0.1) is 12.7 Å². The second-order valence-electron chi connectivity index (χ2n) is 3.10. The molecular formula is C8H16O4. The molecule has 4 nitrogen and oxygen atoms in total. The molecule has 0 aromatic rings. The maximum atomic E-state index is 9.36. The van der Waals surface area contributed by atoms with Crippen LogP contribution in [0.2, 0.25) is 0 Å². The van der Waals surface area contributed by atoms with Gasteiger partial charge in [-0.2, -0.15) is 0 Å². The average Bonchev–Trinajstić information content (AvgIpc) is 2.08. The first-order valence-corrected chi connectivity index (χ1v) is 4.06. The van der Waals surface area contributed by atoms with Gasteiger partial charge in [0, 0.05) is 20.1 Å². The lowest BCUT2D eigenvalue weighted by molar-refractivity contribution is -0.249. The van der Waals surface area contributed by atoms with Crippen molar-refractivity contribution in [1.82, 2.24) is 0 Å². The number of aliphatic hydroxyl groups is 1. The Balaban J connectivity index is 2.61. The molecule has 4 heteroatoms. The van der Waals surface area contributed by atoms with Gasteiger partial charge < -0.3 is 19.3 Å². The minimum absolute atomic E-state index is 0.0845. The molecule has 1 N–H and O–H groups in total. The van der Waals surface area contributed by atoms with Crippen molar-refractivity contribution in [1.29, 1.82) is 0 Å². The largest absolute Gasteiger partial charge is 0.378 e. The van der Waals surface area contributed by atoms with Crippen LogP contribution < -0.4 is 0 Å². The van der Waals surface area contributed by atoms with Gasteiger partial charge in [0.15, 0.2) is 6.29 Å². The number of rotatable bonds is 2. The summed E-state index contributed by atoms with van der Waals surface area (Å²) in [6.07, 6.45) is -1.33. The van der Waals surface area contributed by atoms with E-state index < -0.39 is 6.29 Å². The first-order valence-electron chi connectivity index (χ1n) is 4.06. The monoisotopic (exact) mass is 176 g/mol. The van der Waals surface area contributed by atoms with Crippen LogP contribution in [-0.2, 0) is 14.2 Å². The van der Waals surface area contributed by atoms with Crippen molar-refractivity contribution in [3.05, 3.63) is 0 Å². The quantitative estimate of drug-likeness (QED) is 0.643. The van der Waals surface area contributed by atoms with Crippen LogP contribution in [0.25, 0.3) is 0 Å². The zero-order valence-corrected chi connectivity index (χ0v) is 7.69. The Morgan fingerprint density at radius 3 is 2.25 bits per heavy atom. The highest BCUT2D eigenvalue weighted by atomic mass is 16.6. The highest BCUT2D eigenvalue weighted by molar-refractivity contribution is 4.82. The van der Waals surface area contributed by atoms with Crippen LogP contribution in [0.1, 0.15) is 6.92 Å². The molecule has 0 unspecified atom stereocenters. The summed E-state index contributed by atoms with van der Waals surface area (Å²) in [4.78, 5) is 0. The van der Waals surface area contributed by atoms with E-state index in [2.05, 4.69) is 0 Å². The highest BCUT2D eigenvalue weighted by Gasteiger charge is 2.37. The summed E-state index contributed by atoms with van der Waals surface area (Å²) in [5.74, 6) is 0.253. The van der Waals surface area contributed by atoms with E-state index in [1.54, 1.807) is 14.2 Å². The molecule has 0 spiro atoms. The Kier molecular flexibility index (Phi) is 3.46. The highest BCUT2D eigenvalue weighted by Crippen LogP contribution is 2.22. The molecule has 0 amide bonds. The molecule has 1 aliphatic heterocycles. The predicted molar refractivity (Wildman–Crippen MR) is 42.7 cm³/mol. The zero-order valence-electron chi connectivity index (χ0n) is 7.69. The van der Waals surface area contributed by atoms with E-state index in [1.165, 1.54) is 0 Å². The normalized spacial score (nSPS) is 43.0. The van der Waals surface area contributed by atoms with E-state index in [-0.39, 0.29) is 18.1 Å². The van der Waals surface area contributed by atoms with Gasteiger partial charge in [0.25, 0.3) is 0 Å². The van der Waals surface area contributed by atoms with Gasteiger partial charge in [0.1, 0.15) is 6.10 Å². The number of methoxy groups -OCH3 is 2. The van der Waals surface area contributed by atoms with E-state index in [0.29, 0.717) is 6.61 Å². The smallest absolute Gasteiger partial charge is 0.183 e. The van der Waals surface area contributed by atoms with E-state index >= 15 is 0 Å². The van der Waals surface area contributed by atoms with E-state index in [9.17, 15) is 5.11 Å². The summed E-state index contributed by atoms with van der Waals surface area (Å²) in [6, 6.07) is 0. The van der Waals surface area contributed by atoms with Gasteiger partial charge in [0.2, 0.25) is 0 Å². The van der Waals surface area contributed by atoms with E-state index in [0.717, 1.165) is 0 Å². The molecule has 0 radical (unpaired) electrons. The molecule has 1 fully saturated rings. The molecule has 0 aromatic heterocycles. The van der Waals surface area contributed by atoms with Crippen LogP contribution in [0.5, 0.6) is 0 Å². The average molecular weight is 176 g/mol. The molecule has 0 bridgehead atoms. The minimum atomic E-state index is -0.865. The SMILES string of the molecule is CO[C@@H]1[C@@H](OC)[C@H](O)OC[C@H]1C. The molecular weight excluding hydrogens is 160 g/mol. The molecule has 1 aliphatic rings. The number of aliphatic hydroxyl groups excluding tert-OH is 1. The fourth-order valence-electron chi connectivity index (χ4n) is 1.54. The summed E-state index contributed by atoms with van der Waals surface area (Å²) in [5.41, 5.74) is 0. The first-order chi connectivity index (χ1) is 5.70. The third-order valence-corrected chi connectivity index (χ3v) is 2.24. The Labute approximate surface area is 72.4 Å². The minimum Gasteiger partial charge on any atom is -0.378 e. The van der Waals surface area contributed by atoms with E-state index in [1.807, 2.05) is 6.92 Å². The molecule has 4 atom stereocenters. The van der Waals surface area contributed by atoms with Crippen LogP contribution in [0.15, 0.2) is 0 Å². The van der Waals surface area contributed by atoms with Gasteiger partial charge in [-0.3, -0.25) is 0 Å². The van der Waals surface area contributed by atoms with Gasteiger partial charge in [-0.05, 0) is 0 Å². The second-order valence-corrected chi connectivity index (χ2v) is 3.10. The Bertz CT molecular complexity index is 123. The number of ether oxygens (including phenoxy) is 3. The summed E-state index contributed by atoms with van der Waals surface area (Å²) in [5, 5.41) is 9.36. The van der Waals surface area contributed by atoms with Gasteiger partial charge in [-0.1, -0.05) is 6.92 Å². The summed E-state index contributed by atoms with van der Waals surface area (Å²) in [6.45, 7) is 2.52. The van der Waals surface area contributed by atoms with Crippen molar-refractivity contribution in [3.63, 3.8) is 0 Å². The molecule has 0 aromatic carbocycles. The molecule has 1 saturated heterocycles. The second kappa shape index (κ2) is 4.18. The van der Waals surface area contributed by atoms with Crippen molar-refractivity contribution in [2.75, 3.05) is 20.8 Å². The molecule has 1 rings (SSSR count). The Hall–Kier alpha value is -0.160. The van der Waals surface area contributed by atoms with Crippen molar-refractivity contribution in [2.45, 2.75) is 25.4 Å². The van der Waals surface area contributed by atoms with Crippen LogP contribution in [0.3, 0.4) is 0 Å². The third kappa shape index (κ3) is 1.77. The zero-order chi connectivity index (χ0) is 9.14. The van der Waals surface area contributed by atoms with Crippen LogP contribution in [0.4, 0.5) is 0 Å². The van der Waals surface area contributed by atoms with Crippen molar-refractivity contribution in [3.8, 4) is 0 Å². The lowest BCUT2D eigenvalue weighted by atomic mass is 9.97. The van der Waals surface area contributed by atoms with Crippen LogP contribution in [0, 0.1) is 5.92 Å².